The lowest BCUT2D eigenvalue weighted by Crippen LogP contribution is -2.00. The van der Waals surface area contributed by atoms with Crippen LogP contribution in [0.25, 0.3) is 6.08 Å². The molecule has 1 aromatic heterocycles. The van der Waals surface area contributed by atoms with Crippen molar-refractivity contribution >= 4 is 35.7 Å². The summed E-state index contributed by atoms with van der Waals surface area (Å²) in [6.45, 7) is 4.17. The zero-order valence-electron chi connectivity index (χ0n) is 16.0. The van der Waals surface area contributed by atoms with Crippen molar-refractivity contribution in [3.63, 3.8) is 0 Å². The standard InChI is InChI=1S/C22H23ClN4S/c1-3-7-21-25-26-22(28-16-19-10-12-20(23)13-11-19)27(21)24-15-17(2)14-18-8-5-4-6-9-18/h4-6,8-15H,3,7,16H2,1-2H3/b17-14-,24-15-. The topological polar surface area (TPSA) is 43.1 Å². The molecule has 0 aliphatic rings. The zero-order valence-corrected chi connectivity index (χ0v) is 17.6. The molecule has 6 heteroatoms. The molecule has 0 bridgehead atoms. The Balaban J connectivity index is 1.77. The first kappa shape index (κ1) is 20.4. The first-order chi connectivity index (χ1) is 13.7. The maximum Gasteiger partial charge on any atom is 0.212 e. The summed E-state index contributed by atoms with van der Waals surface area (Å²) in [5.74, 6) is 1.67. The number of aromatic nitrogens is 3. The van der Waals surface area contributed by atoms with E-state index < -0.39 is 0 Å². The Kier molecular flexibility index (Phi) is 7.46. The van der Waals surface area contributed by atoms with Crippen molar-refractivity contribution in [2.24, 2.45) is 5.10 Å². The molecule has 3 rings (SSSR count). The summed E-state index contributed by atoms with van der Waals surface area (Å²) in [5, 5.41) is 14.9. The van der Waals surface area contributed by atoms with Gasteiger partial charge in [-0.05, 0) is 42.2 Å². The number of hydrogen-bond acceptors (Lipinski definition) is 4. The molecule has 0 unspecified atom stereocenters. The van der Waals surface area contributed by atoms with Crippen molar-refractivity contribution in [2.75, 3.05) is 0 Å². The lowest BCUT2D eigenvalue weighted by Gasteiger charge is -2.04. The van der Waals surface area contributed by atoms with Gasteiger partial charge in [0.1, 0.15) is 0 Å². The first-order valence-corrected chi connectivity index (χ1v) is 10.6. The third-order valence-corrected chi connectivity index (χ3v) is 5.24. The lowest BCUT2D eigenvalue weighted by molar-refractivity contribution is 0.700. The van der Waals surface area contributed by atoms with E-state index >= 15 is 0 Å². The second kappa shape index (κ2) is 10.2. The van der Waals surface area contributed by atoms with Crippen LogP contribution in [0.3, 0.4) is 0 Å². The predicted molar refractivity (Wildman–Crippen MR) is 119 cm³/mol. The van der Waals surface area contributed by atoms with E-state index in [1.165, 1.54) is 5.56 Å². The highest BCUT2D eigenvalue weighted by molar-refractivity contribution is 7.98. The highest BCUT2D eigenvalue weighted by Gasteiger charge is 2.11. The number of rotatable bonds is 8. The Bertz CT molecular complexity index is 946. The molecule has 1 heterocycles. The fourth-order valence-electron chi connectivity index (χ4n) is 2.61. The summed E-state index contributed by atoms with van der Waals surface area (Å²) in [6.07, 6.45) is 5.80. The number of thioether (sulfide) groups is 1. The second-order valence-corrected chi connectivity index (χ2v) is 7.80. The summed E-state index contributed by atoms with van der Waals surface area (Å²) >= 11 is 7.58. The van der Waals surface area contributed by atoms with Gasteiger partial charge >= 0.3 is 0 Å². The minimum atomic E-state index is 0.743. The summed E-state index contributed by atoms with van der Waals surface area (Å²) in [6, 6.07) is 18.1. The molecule has 4 nitrogen and oxygen atoms in total. The fraction of sp³-hybridized carbons (Fsp3) is 0.227. The van der Waals surface area contributed by atoms with Gasteiger partial charge in [-0.15, -0.1) is 10.2 Å². The van der Waals surface area contributed by atoms with Crippen molar-refractivity contribution in [3.8, 4) is 0 Å². The molecule has 3 aromatic rings. The zero-order chi connectivity index (χ0) is 19.8. The molecule has 0 saturated heterocycles. The van der Waals surface area contributed by atoms with Gasteiger partial charge in [-0.1, -0.05) is 78.8 Å². The van der Waals surface area contributed by atoms with Crippen molar-refractivity contribution in [2.45, 2.75) is 37.6 Å². The highest BCUT2D eigenvalue weighted by atomic mass is 35.5. The Hall–Kier alpha value is -2.37. The largest absolute Gasteiger partial charge is 0.212 e. The molecule has 144 valence electrons. The maximum atomic E-state index is 5.96. The Morgan fingerprint density at radius 1 is 1.11 bits per heavy atom. The Morgan fingerprint density at radius 2 is 1.86 bits per heavy atom. The van der Waals surface area contributed by atoms with Crippen LogP contribution >= 0.6 is 23.4 Å². The predicted octanol–water partition coefficient (Wildman–Crippen LogP) is 6.11. The number of hydrogen-bond donors (Lipinski definition) is 0. The molecule has 2 aromatic carbocycles. The van der Waals surface area contributed by atoms with Crippen LogP contribution < -0.4 is 0 Å². The molecule has 0 fully saturated rings. The summed E-state index contributed by atoms with van der Waals surface area (Å²) in [4.78, 5) is 0. The van der Waals surface area contributed by atoms with E-state index in [9.17, 15) is 0 Å². The van der Waals surface area contributed by atoms with Gasteiger partial charge in [0.2, 0.25) is 5.16 Å². The van der Waals surface area contributed by atoms with E-state index in [4.69, 9.17) is 11.6 Å². The van der Waals surface area contributed by atoms with E-state index in [0.29, 0.717) is 0 Å². The van der Waals surface area contributed by atoms with Gasteiger partial charge in [-0.2, -0.15) is 9.78 Å². The van der Waals surface area contributed by atoms with Crippen LogP contribution in [-0.4, -0.2) is 21.1 Å². The Morgan fingerprint density at radius 3 is 2.57 bits per heavy atom. The number of benzene rings is 2. The number of aryl methyl sites for hydroxylation is 1. The van der Waals surface area contributed by atoms with E-state index in [-0.39, 0.29) is 0 Å². The Labute approximate surface area is 175 Å². The quantitative estimate of drug-likeness (QED) is 0.332. The smallest absolute Gasteiger partial charge is 0.191 e. The third-order valence-electron chi connectivity index (χ3n) is 4.00. The molecule has 0 aliphatic carbocycles. The molecule has 0 spiro atoms. The maximum absolute atomic E-state index is 5.96. The van der Waals surface area contributed by atoms with Gasteiger partial charge < -0.3 is 0 Å². The monoisotopic (exact) mass is 410 g/mol. The summed E-state index contributed by atoms with van der Waals surface area (Å²) < 4.78 is 1.85. The van der Waals surface area contributed by atoms with Crippen LogP contribution in [0.2, 0.25) is 5.02 Å². The minimum Gasteiger partial charge on any atom is -0.191 e. The first-order valence-electron chi connectivity index (χ1n) is 9.25. The summed E-state index contributed by atoms with van der Waals surface area (Å²) in [5.41, 5.74) is 3.41. The van der Waals surface area contributed by atoms with Crippen LogP contribution in [0.4, 0.5) is 0 Å². The van der Waals surface area contributed by atoms with Crippen molar-refractivity contribution < 1.29 is 0 Å². The van der Waals surface area contributed by atoms with Crippen LogP contribution in [0.5, 0.6) is 0 Å². The normalized spacial score (nSPS) is 12.0. The number of nitrogens with zero attached hydrogens (tertiary/aromatic N) is 4. The van der Waals surface area contributed by atoms with Crippen LogP contribution in [0.15, 0.2) is 70.4 Å². The highest BCUT2D eigenvalue weighted by Crippen LogP contribution is 2.23. The second-order valence-electron chi connectivity index (χ2n) is 6.42. The molecular weight excluding hydrogens is 388 g/mol. The van der Waals surface area contributed by atoms with E-state index in [1.807, 2.05) is 60.3 Å². The molecule has 0 radical (unpaired) electrons. The van der Waals surface area contributed by atoms with Crippen molar-refractivity contribution in [1.29, 1.82) is 0 Å². The molecule has 0 aliphatic heterocycles. The van der Waals surface area contributed by atoms with Gasteiger partial charge in [0.05, 0.1) is 6.21 Å². The van der Waals surface area contributed by atoms with Gasteiger partial charge in [-0.25, -0.2) is 0 Å². The number of allylic oxidation sites excluding steroid dienone is 1. The SMILES string of the molecule is CCCc1nnc(SCc2ccc(Cl)cc2)n1/N=C\C(C)=C/c1ccccc1. The van der Waals surface area contributed by atoms with Crippen LogP contribution in [0.1, 0.15) is 37.2 Å². The molecule has 0 N–H and O–H groups in total. The molecule has 0 amide bonds. The minimum absolute atomic E-state index is 0.743. The number of halogens is 1. The van der Waals surface area contributed by atoms with E-state index in [0.717, 1.165) is 45.7 Å². The molecule has 0 atom stereocenters. The lowest BCUT2D eigenvalue weighted by atomic mass is 10.1. The van der Waals surface area contributed by atoms with Gasteiger partial charge in [0.15, 0.2) is 5.82 Å². The van der Waals surface area contributed by atoms with E-state index in [1.54, 1.807) is 11.8 Å². The van der Waals surface area contributed by atoms with Crippen LogP contribution in [0, 0.1) is 0 Å². The average molecular weight is 411 g/mol. The van der Waals surface area contributed by atoms with Crippen molar-refractivity contribution in [3.05, 3.63) is 82.1 Å². The third kappa shape index (κ3) is 5.81. The molecular formula is C22H23ClN4S. The average Bonchev–Trinajstić information content (AvgIpc) is 3.08. The molecule has 28 heavy (non-hydrogen) atoms. The van der Waals surface area contributed by atoms with Gasteiger partial charge in [0.25, 0.3) is 0 Å². The fourth-order valence-corrected chi connectivity index (χ4v) is 3.60. The summed E-state index contributed by atoms with van der Waals surface area (Å²) in [7, 11) is 0. The van der Waals surface area contributed by atoms with Crippen LogP contribution in [-0.2, 0) is 12.2 Å². The van der Waals surface area contributed by atoms with Gasteiger partial charge in [0, 0.05) is 17.2 Å². The van der Waals surface area contributed by atoms with E-state index in [2.05, 4.69) is 40.4 Å². The van der Waals surface area contributed by atoms with Crippen molar-refractivity contribution in [1.82, 2.24) is 14.9 Å². The van der Waals surface area contributed by atoms with Gasteiger partial charge in [-0.3, -0.25) is 0 Å². The molecule has 0 saturated carbocycles.